The summed E-state index contributed by atoms with van der Waals surface area (Å²) < 4.78 is 0. The van der Waals surface area contributed by atoms with Gasteiger partial charge in [0.25, 0.3) is 5.91 Å². The summed E-state index contributed by atoms with van der Waals surface area (Å²) in [6, 6.07) is 1.79. The Bertz CT molecular complexity index is 412. The topological polar surface area (TPSA) is 72.1 Å². The van der Waals surface area contributed by atoms with Crippen molar-refractivity contribution in [2.24, 2.45) is 11.7 Å². The summed E-state index contributed by atoms with van der Waals surface area (Å²) in [5.74, 6) is 0.500. The number of likely N-dealkylation sites (tertiary alicyclic amines) is 1. The molecule has 0 spiro atoms. The summed E-state index contributed by atoms with van der Waals surface area (Å²) in [5, 5.41) is 7.87. The molecule has 0 unspecified atom stereocenters. The predicted octanol–water partition coefficient (Wildman–Crippen LogP) is 0.124. The highest BCUT2D eigenvalue weighted by Gasteiger charge is 2.30. The second kappa shape index (κ2) is 4.17. The molecular weight excluding hydrogens is 204 g/mol. The first-order valence-corrected chi connectivity index (χ1v) is 5.42. The molecule has 1 fully saturated rings. The first kappa shape index (κ1) is 11.0. The molecule has 1 amide bonds. The largest absolute Gasteiger partial charge is 0.338 e. The van der Waals surface area contributed by atoms with E-state index < -0.39 is 0 Å². The van der Waals surface area contributed by atoms with Gasteiger partial charge in [0.1, 0.15) is 0 Å². The molecule has 16 heavy (non-hydrogen) atoms. The van der Waals surface area contributed by atoms with Crippen molar-refractivity contribution in [3.8, 4) is 0 Å². The van der Waals surface area contributed by atoms with E-state index in [0.29, 0.717) is 23.7 Å². The molecule has 1 aliphatic heterocycles. The molecule has 2 N–H and O–H groups in total. The van der Waals surface area contributed by atoms with Gasteiger partial charge in [0.2, 0.25) is 0 Å². The Balaban J connectivity index is 2.13. The van der Waals surface area contributed by atoms with E-state index in [1.165, 1.54) is 0 Å². The molecular formula is C11H16N4O. The lowest BCUT2D eigenvalue weighted by Gasteiger charge is -2.38. The van der Waals surface area contributed by atoms with Crippen LogP contribution in [0.4, 0.5) is 0 Å². The lowest BCUT2D eigenvalue weighted by molar-refractivity contribution is 0.0514. The zero-order chi connectivity index (χ0) is 11.7. The second-order valence-corrected chi connectivity index (χ2v) is 4.30. The first-order chi connectivity index (χ1) is 7.61. The molecule has 0 radical (unpaired) electrons. The van der Waals surface area contributed by atoms with Crippen molar-refractivity contribution < 1.29 is 4.79 Å². The van der Waals surface area contributed by atoms with Crippen molar-refractivity contribution in [2.75, 3.05) is 19.6 Å². The highest BCUT2D eigenvalue weighted by atomic mass is 16.2. The average molecular weight is 220 g/mol. The number of amides is 1. The van der Waals surface area contributed by atoms with Gasteiger partial charge < -0.3 is 10.6 Å². The van der Waals surface area contributed by atoms with Gasteiger partial charge in [-0.15, -0.1) is 0 Å². The van der Waals surface area contributed by atoms with E-state index in [-0.39, 0.29) is 5.91 Å². The summed E-state index contributed by atoms with van der Waals surface area (Å²) >= 11 is 0. The van der Waals surface area contributed by atoms with E-state index in [9.17, 15) is 4.79 Å². The molecule has 2 heterocycles. The molecule has 0 atom stereocenters. The molecule has 0 aliphatic carbocycles. The Hall–Kier alpha value is -1.49. The van der Waals surface area contributed by atoms with Gasteiger partial charge in [-0.05, 0) is 26.5 Å². The van der Waals surface area contributed by atoms with Crippen LogP contribution in [0.3, 0.4) is 0 Å². The van der Waals surface area contributed by atoms with Crippen LogP contribution in [0.25, 0.3) is 0 Å². The molecule has 0 aromatic carbocycles. The maximum Gasteiger partial charge on any atom is 0.255 e. The van der Waals surface area contributed by atoms with Crippen molar-refractivity contribution in [3.05, 3.63) is 23.0 Å². The molecule has 0 bridgehead atoms. The fraction of sp³-hybridized carbons (Fsp3) is 0.545. The van der Waals surface area contributed by atoms with E-state index in [1.807, 2.05) is 6.92 Å². The van der Waals surface area contributed by atoms with E-state index >= 15 is 0 Å². The third-order valence-corrected chi connectivity index (χ3v) is 2.91. The quantitative estimate of drug-likeness (QED) is 0.768. The number of hydrogen-bond acceptors (Lipinski definition) is 4. The summed E-state index contributed by atoms with van der Waals surface area (Å²) in [4.78, 5) is 13.9. The third-order valence-electron chi connectivity index (χ3n) is 2.91. The van der Waals surface area contributed by atoms with Crippen molar-refractivity contribution >= 4 is 5.91 Å². The van der Waals surface area contributed by atoms with Gasteiger partial charge in [-0.3, -0.25) is 4.79 Å². The SMILES string of the molecule is Cc1cc(C(=O)N2CC(CN)C2)c(C)nn1. The summed E-state index contributed by atoms with van der Waals surface area (Å²) in [6.45, 7) is 5.81. The molecule has 86 valence electrons. The lowest BCUT2D eigenvalue weighted by atomic mass is 9.99. The molecule has 0 saturated carbocycles. The number of nitrogens with two attached hydrogens (primary N) is 1. The van der Waals surface area contributed by atoms with Crippen molar-refractivity contribution in [1.82, 2.24) is 15.1 Å². The van der Waals surface area contributed by atoms with Gasteiger partial charge in [-0.25, -0.2) is 0 Å². The summed E-state index contributed by atoms with van der Waals surface area (Å²) in [6.07, 6.45) is 0. The Morgan fingerprint density at radius 1 is 1.50 bits per heavy atom. The molecule has 5 nitrogen and oxygen atoms in total. The van der Waals surface area contributed by atoms with Gasteiger partial charge >= 0.3 is 0 Å². The minimum atomic E-state index is 0.0419. The normalized spacial score (nSPS) is 16.1. The molecule has 1 aromatic rings. The number of nitrogens with zero attached hydrogens (tertiary/aromatic N) is 3. The number of aryl methyl sites for hydroxylation is 2. The zero-order valence-corrected chi connectivity index (χ0v) is 9.60. The molecule has 5 heteroatoms. The van der Waals surface area contributed by atoms with Crippen LogP contribution in [0.15, 0.2) is 6.07 Å². The van der Waals surface area contributed by atoms with Crippen molar-refractivity contribution in [3.63, 3.8) is 0 Å². The molecule has 1 saturated heterocycles. The predicted molar refractivity (Wildman–Crippen MR) is 60.0 cm³/mol. The van der Waals surface area contributed by atoms with Crippen LogP contribution in [0.2, 0.25) is 0 Å². The Morgan fingerprint density at radius 2 is 2.19 bits per heavy atom. The maximum absolute atomic E-state index is 12.1. The minimum absolute atomic E-state index is 0.0419. The Kier molecular flexibility index (Phi) is 2.87. The number of hydrogen-bond donors (Lipinski definition) is 1. The molecule has 1 aliphatic rings. The van der Waals surface area contributed by atoms with Gasteiger partial charge in [0, 0.05) is 19.0 Å². The lowest BCUT2D eigenvalue weighted by Crippen LogP contribution is -2.52. The highest BCUT2D eigenvalue weighted by molar-refractivity contribution is 5.95. The van der Waals surface area contributed by atoms with Crippen molar-refractivity contribution in [1.29, 1.82) is 0 Å². The number of aromatic nitrogens is 2. The summed E-state index contributed by atoms with van der Waals surface area (Å²) in [7, 11) is 0. The first-order valence-electron chi connectivity index (χ1n) is 5.42. The van der Waals surface area contributed by atoms with Crippen LogP contribution < -0.4 is 5.73 Å². The average Bonchev–Trinajstić information content (AvgIpc) is 2.20. The zero-order valence-electron chi connectivity index (χ0n) is 9.60. The molecule has 1 aromatic heterocycles. The monoisotopic (exact) mass is 220 g/mol. The Morgan fingerprint density at radius 3 is 2.81 bits per heavy atom. The van der Waals surface area contributed by atoms with E-state index in [2.05, 4.69) is 10.2 Å². The fourth-order valence-corrected chi connectivity index (χ4v) is 1.82. The van der Waals surface area contributed by atoms with E-state index in [1.54, 1.807) is 17.9 Å². The van der Waals surface area contributed by atoms with Gasteiger partial charge in [0.15, 0.2) is 0 Å². The fourth-order valence-electron chi connectivity index (χ4n) is 1.82. The number of carbonyl (C=O) groups is 1. The van der Waals surface area contributed by atoms with Gasteiger partial charge in [-0.2, -0.15) is 10.2 Å². The van der Waals surface area contributed by atoms with Crippen LogP contribution in [0.5, 0.6) is 0 Å². The van der Waals surface area contributed by atoms with Crippen LogP contribution in [0, 0.1) is 19.8 Å². The molecule has 2 rings (SSSR count). The smallest absolute Gasteiger partial charge is 0.255 e. The standard InChI is InChI=1S/C11H16N4O/c1-7-3-10(8(2)14-13-7)11(16)15-5-9(4-12)6-15/h3,9H,4-6,12H2,1-2H3. The summed E-state index contributed by atoms with van der Waals surface area (Å²) in [5.41, 5.74) is 7.64. The highest BCUT2D eigenvalue weighted by Crippen LogP contribution is 2.18. The maximum atomic E-state index is 12.1. The van der Waals surface area contributed by atoms with Crippen LogP contribution >= 0.6 is 0 Å². The van der Waals surface area contributed by atoms with Crippen LogP contribution in [-0.4, -0.2) is 40.6 Å². The van der Waals surface area contributed by atoms with Crippen LogP contribution in [0.1, 0.15) is 21.7 Å². The minimum Gasteiger partial charge on any atom is -0.338 e. The van der Waals surface area contributed by atoms with Crippen molar-refractivity contribution in [2.45, 2.75) is 13.8 Å². The van der Waals surface area contributed by atoms with Gasteiger partial charge in [0.05, 0.1) is 17.0 Å². The number of rotatable bonds is 2. The van der Waals surface area contributed by atoms with Gasteiger partial charge in [-0.1, -0.05) is 0 Å². The third kappa shape index (κ3) is 1.90. The number of carbonyl (C=O) groups excluding carboxylic acids is 1. The second-order valence-electron chi connectivity index (χ2n) is 4.30. The van der Waals surface area contributed by atoms with E-state index in [4.69, 9.17) is 5.73 Å². The van der Waals surface area contributed by atoms with E-state index in [0.717, 1.165) is 18.8 Å². The van der Waals surface area contributed by atoms with Crippen LogP contribution in [-0.2, 0) is 0 Å². The Labute approximate surface area is 94.6 Å².